The molecule has 104 valence electrons. The van der Waals surface area contributed by atoms with Crippen LogP contribution in [0.3, 0.4) is 0 Å². The Morgan fingerprint density at radius 2 is 2.32 bits per heavy atom. The summed E-state index contributed by atoms with van der Waals surface area (Å²) in [5, 5.41) is 3.35. The van der Waals surface area contributed by atoms with E-state index in [4.69, 9.17) is 15.2 Å². The van der Waals surface area contributed by atoms with Gasteiger partial charge in [-0.05, 0) is 38.2 Å². The van der Waals surface area contributed by atoms with Crippen molar-refractivity contribution in [2.24, 2.45) is 0 Å². The molecule has 0 bridgehead atoms. The van der Waals surface area contributed by atoms with Crippen LogP contribution in [0, 0.1) is 0 Å². The van der Waals surface area contributed by atoms with E-state index in [0.29, 0.717) is 24.0 Å². The van der Waals surface area contributed by atoms with Gasteiger partial charge in [0.2, 0.25) is 5.88 Å². The average molecular weight is 263 g/mol. The van der Waals surface area contributed by atoms with E-state index >= 15 is 0 Å². The molecule has 1 aromatic rings. The molecule has 2 heterocycles. The van der Waals surface area contributed by atoms with E-state index in [9.17, 15) is 0 Å². The minimum Gasteiger partial charge on any atom is -0.481 e. The number of methoxy groups -OCH3 is 1. The Kier molecular flexibility index (Phi) is 3.89. The molecule has 1 aromatic heterocycles. The zero-order valence-electron chi connectivity index (χ0n) is 12.1. The number of ether oxygens (including phenoxy) is 2. The molecule has 1 aliphatic heterocycles. The van der Waals surface area contributed by atoms with Crippen LogP contribution >= 0.6 is 0 Å². The van der Waals surface area contributed by atoms with Gasteiger partial charge in [0.1, 0.15) is 7.85 Å². The van der Waals surface area contributed by atoms with Gasteiger partial charge in [-0.1, -0.05) is 0 Å². The van der Waals surface area contributed by atoms with Gasteiger partial charge in [-0.3, -0.25) is 0 Å². The van der Waals surface area contributed by atoms with Crippen LogP contribution in [0.1, 0.15) is 26.7 Å². The van der Waals surface area contributed by atoms with Crippen molar-refractivity contribution in [2.75, 3.05) is 24.8 Å². The second-order valence-corrected chi connectivity index (χ2v) is 5.70. The maximum absolute atomic E-state index is 5.99. The van der Waals surface area contributed by atoms with Crippen LogP contribution in [0.2, 0.25) is 0 Å². The third-order valence-electron chi connectivity index (χ3n) is 3.50. The second kappa shape index (κ2) is 5.29. The first kappa shape index (κ1) is 14.0. The van der Waals surface area contributed by atoms with Crippen molar-refractivity contribution in [2.45, 2.75) is 38.3 Å². The standard InChI is InChI=1S/C13H22BN3O2/c1-13(2)5-4-8(7-19-13)16-11-10(15)6-9(14)12(17-11)18-3/h6,8H,4-5,7,14-15H2,1-3H3,(H,16,17). The maximum atomic E-state index is 5.99. The zero-order valence-corrected chi connectivity index (χ0v) is 12.1. The minimum absolute atomic E-state index is 0.0257. The Labute approximate surface area is 115 Å². The van der Waals surface area contributed by atoms with Gasteiger partial charge in [-0.25, -0.2) is 0 Å². The molecule has 1 atom stereocenters. The first-order chi connectivity index (χ1) is 8.91. The van der Waals surface area contributed by atoms with Crippen LogP contribution in [0.15, 0.2) is 6.07 Å². The lowest BCUT2D eigenvalue weighted by molar-refractivity contribution is -0.0563. The Balaban J connectivity index is 2.07. The lowest BCUT2D eigenvalue weighted by Gasteiger charge is -2.35. The number of anilines is 2. The number of hydrogen-bond donors (Lipinski definition) is 2. The molecule has 0 saturated carbocycles. The Morgan fingerprint density at radius 3 is 2.89 bits per heavy atom. The predicted octanol–water partition coefficient (Wildman–Crippen LogP) is 0.300. The molecule has 0 aliphatic carbocycles. The maximum Gasteiger partial charge on any atom is 0.208 e. The number of hydrogen-bond acceptors (Lipinski definition) is 5. The molecule has 0 amide bonds. The molecular weight excluding hydrogens is 241 g/mol. The molecule has 19 heavy (non-hydrogen) atoms. The highest BCUT2D eigenvalue weighted by molar-refractivity contribution is 6.34. The summed E-state index contributed by atoms with van der Waals surface area (Å²) in [5.41, 5.74) is 7.55. The van der Waals surface area contributed by atoms with Gasteiger partial charge in [0.05, 0.1) is 31.0 Å². The molecule has 6 heteroatoms. The number of nitrogens with one attached hydrogen (secondary N) is 1. The molecule has 1 aliphatic rings. The number of nitrogens with zero attached hydrogens (tertiary/aromatic N) is 1. The summed E-state index contributed by atoms with van der Waals surface area (Å²) < 4.78 is 11.0. The van der Waals surface area contributed by atoms with Crippen LogP contribution in [-0.4, -0.2) is 38.2 Å². The Hall–Kier alpha value is -1.43. The quantitative estimate of drug-likeness (QED) is 0.768. The molecule has 3 N–H and O–H groups in total. The highest BCUT2D eigenvalue weighted by atomic mass is 16.5. The summed E-state index contributed by atoms with van der Waals surface area (Å²) in [4.78, 5) is 4.41. The molecule has 0 spiro atoms. The summed E-state index contributed by atoms with van der Waals surface area (Å²) >= 11 is 0. The minimum atomic E-state index is -0.0257. The number of nitrogen functional groups attached to an aromatic ring is 1. The largest absolute Gasteiger partial charge is 0.481 e. The van der Waals surface area contributed by atoms with Crippen LogP contribution < -0.4 is 21.3 Å². The zero-order chi connectivity index (χ0) is 14.0. The van der Waals surface area contributed by atoms with E-state index in [-0.39, 0.29) is 11.6 Å². The van der Waals surface area contributed by atoms with Crippen LogP contribution in [-0.2, 0) is 4.74 Å². The Bertz CT molecular complexity index is 455. The Morgan fingerprint density at radius 1 is 1.58 bits per heavy atom. The van der Waals surface area contributed by atoms with Gasteiger partial charge in [0.25, 0.3) is 0 Å². The predicted molar refractivity (Wildman–Crippen MR) is 80.1 cm³/mol. The van der Waals surface area contributed by atoms with E-state index in [0.717, 1.165) is 18.3 Å². The fourth-order valence-corrected chi connectivity index (χ4v) is 2.25. The van der Waals surface area contributed by atoms with Gasteiger partial charge in [0.15, 0.2) is 5.82 Å². The van der Waals surface area contributed by atoms with Crippen LogP contribution in [0.4, 0.5) is 11.5 Å². The average Bonchev–Trinajstić information content (AvgIpc) is 2.35. The topological polar surface area (TPSA) is 69.4 Å². The van der Waals surface area contributed by atoms with Crippen LogP contribution in [0.25, 0.3) is 0 Å². The van der Waals surface area contributed by atoms with Crippen molar-refractivity contribution < 1.29 is 9.47 Å². The fourth-order valence-electron chi connectivity index (χ4n) is 2.25. The summed E-state index contributed by atoms with van der Waals surface area (Å²) in [6, 6.07) is 2.12. The van der Waals surface area contributed by atoms with Crippen molar-refractivity contribution in [3.63, 3.8) is 0 Å². The summed E-state index contributed by atoms with van der Waals surface area (Å²) in [5.74, 6) is 1.28. The smallest absolute Gasteiger partial charge is 0.208 e. The van der Waals surface area contributed by atoms with Crippen molar-refractivity contribution in [3.8, 4) is 5.88 Å². The van der Waals surface area contributed by atoms with E-state index < -0.39 is 0 Å². The highest BCUT2D eigenvalue weighted by Gasteiger charge is 2.28. The SMILES string of the molecule is Bc1cc(N)c(NC2CCC(C)(C)OC2)nc1OC. The van der Waals surface area contributed by atoms with Crippen molar-refractivity contribution in [3.05, 3.63) is 6.07 Å². The third-order valence-corrected chi connectivity index (χ3v) is 3.50. The molecule has 5 nitrogen and oxygen atoms in total. The van der Waals surface area contributed by atoms with E-state index in [2.05, 4.69) is 24.1 Å². The number of pyridine rings is 1. The van der Waals surface area contributed by atoms with Crippen molar-refractivity contribution in [1.29, 1.82) is 0 Å². The summed E-state index contributed by atoms with van der Waals surface area (Å²) in [6.07, 6.45) is 2.07. The normalized spacial score (nSPS) is 21.9. The van der Waals surface area contributed by atoms with Crippen LogP contribution in [0.5, 0.6) is 5.88 Å². The second-order valence-electron chi connectivity index (χ2n) is 5.70. The molecule has 2 rings (SSSR count). The number of aromatic nitrogens is 1. The van der Waals surface area contributed by atoms with Gasteiger partial charge in [-0.2, -0.15) is 4.98 Å². The summed E-state index contributed by atoms with van der Waals surface area (Å²) in [6.45, 7) is 4.90. The van der Waals surface area contributed by atoms with Gasteiger partial charge in [-0.15, -0.1) is 0 Å². The number of rotatable bonds is 3. The van der Waals surface area contributed by atoms with Gasteiger partial charge in [0, 0.05) is 0 Å². The third kappa shape index (κ3) is 3.32. The van der Waals surface area contributed by atoms with Gasteiger partial charge < -0.3 is 20.5 Å². The molecule has 0 aromatic carbocycles. The highest BCUT2D eigenvalue weighted by Crippen LogP contribution is 2.27. The molecule has 0 radical (unpaired) electrons. The first-order valence-corrected chi connectivity index (χ1v) is 6.63. The molecule has 1 fully saturated rings. The molecule has 1 saturated heterocycles. The van der Waals surface area contributed by atoms with Crippen molar-refractivity contribution in [1.82, 2.24) is 4.98 Å². The van der Waals surface area contributed by atoms with Crippen molar-refractivity contribution >= 4 is 24.8 Å². The fraction of sp³-hybridized carbons (Fsp3) is 0.615. The lowest BCUT2D eigenvalue weighted by atomic mass is 9.95. The lowest BCUT2D eigenvalue weighted by Crippen LogP contribution is -2.40. The van der Waals surface area contributed by atoms with E-state index in [1.807, 2.05) is 13.9 Å². The molecular formula is C13H22BN3O2. The summed E-state index contributed by atoms with van der Waals surface area (Å²) in [7, 11) is 3.54. The first-order valence-electron chi connectivity index (χ1n) is 6.63. The number of nitrogens with two attached hydrogens (primary N) is 1. The van der Waals surface area contributed by atoms with E-state index in [1.165, 1.54) is 0 Å². The monoisotopic (exact) mass is 263 g/mol. The van der Waals surface area contributed by atoms with Gasteiger partial charge >= 0.3 is 0 Å². The molecule has 1 unspecified atom stereocenters. The van der Waals surface area contributed by atoms with E-state index in [1.54, 1.807) is 7.11 Å².